The van der Waals surface area contributed by atoms with Gasteiger partial charge in [-0.25, -0.2) is 14.0 Å². The molecule has 3 aromatic carbocycles. The molecule has 11 nitrogen and oxygen atoms in total. The molecule has 4 heterocycles. The van der Waals surface area contributed by atoms with Crippen LogP contribution in [0.1, 0.15) is 51.4 Å². The summed E-state index contributed by atoms with van der Waals surface area (Å²) in [4.78, 5) is 30.0. The van der Waals surface area contributed by atoms with Gasteiger partial charge in [-0.3, -0.25) is 15.0 Å². The summed E-state index contributed by atoms with van der Waals surface area (Å²) < 4.78 is 33.1. The Labute approximate surface area is 303 Å². The highest BCUT2D eigenvalue weighted by Gasteiger charge is 2.38. The van der Waals surface area contributed by atoms with Crippen LogP contribution in [0.4, 0.5) is 14.9 Å². The highest BCUT2D eigenvalue weighted by Crippen LogP contribution is 2.40. The minimum absolute atomic E-state index is 0.0381. The van der Waals surface area contributed by atoms with Crippen molar-refractivity contribution < 1.29 is 48.3 Å². The van der Waals surface area contributed by atoms with Crippen molar-refractivity contribution in [1.82, 2.24) is 4.90 Å². The van der Waals surface area contributed by atoms with Crippen LogP contribution in [0.5, 0.6) is 17.2 Å². The number of aromatic hydroxyl groups is 1. The average molecular weight is 742 g/mol. The van der Waals surface area contributed by atoms with Crippen LogP contribution in [0.2, 0.25) is 10.0 Å². The average Bonchev–Trinajstić information content (AvgIpc) is 3.11. The van der Waals surface area contributed by atoms with Crippen LogP contribution in [0, 0.1) is 11.7 Å². The molecular formula is C37H37Cl2FN3O8+. The van der Waals surface area contributed by atoms with Gasteiger partial charge in [0.25, 0.3) is 0 Å². The normalized spacial score (nSPS) is 18.6. The molecule has 2 bridgehead atoms. The number of nitrogens with zero attached hydrogens (tertiary/aromatic N) is 3. The number of piperidine rings is 3. The Morgan fingerprint density at radius 3 is 2.33 bits per heavy atom. The van der Waals surface area contributed by atoms with Crippen molar-refractivity contribution in [3.05, 3.63) is 111 Å². The fourth-order valence-corrected chi connectivity index (χ4v) is 7.59. The van der Waals surface area contributed by atoms with Crippen molar-refractivity contribution in [1.29, 1.82) is 0 Å². The van der Waals surface area contributed by atoms with E-state index in [0.717, 1.165) is 47.7 Å². The summed E-state index contributed by atoms with van der Waals surface area (Å²) in [5.41, 5.74) is 1.62. The molecule has 0 saturated carbocycles. The van der Waals surface area contributed by atoms with Gasteiger partial charge in [0.2, 0.25) is 12.4 Å². The third-order valence-corrected chi connectivity index (χ3v) is 10.3. The zero-order valence-electron chi connectivity index (χ0n) is 27.9. The molecule has 0 radical (unpaired) electrons. The first-order chi connectivity index (χ1) is 24.4. The van der Waals surface area contributed by atoms with Crippen molar-refractivity contribution >= 4 is 41.0 Å². The summed E-state index contributed by atoms with van der Waals surface area (Å²) in [6.45, 7) is 2.23. The number of amides is 1. The molecule has 3 aliphatic heterocycles. The predicted octanol–water partition coefficient (Wildman–Crippen LogP) is 6.69. The van der Waals surface area contributed by atoms with Crippen LogP contribution in [-0.4, -0.2) is 72.3 Å². The van der Waals surface area contributed by atoms with E-state index < -0.39 is 23.8 Å². The Hall–Kier alpha value is -4.78. The molecule has 51 heavy (non-hydrogen) atoms. The first-order valence-corrected chi connectivity index (χ1v) is 17.1. The van der Waals surface area contributed by atoms with E-state index in [1.165, 1.54) is 38.7 Å². The molecular weight excluding hydrogens is 704 g/mol. The number of aromatic nitrogens is 1. The predicted molar refractivity (Wildman–Crippen MR) is 186 cm³/mol. The number of hydrogen-bond acceptors (Lipinski definition) is 8. The van der Waals surface area contributed by atoms with Crippen LogP contribution in [-0.2, 0) is 17.7 Å². The largest absolute Gasteiger partial charge is 0.508 e. The number of phenols is 1. The Bertz CT molecular complexity index is 1930. The number of carboxylic acid groups (broad SMARTS) is 1. The van der Waals surface area contributed by atoms with Gasteiger partial charge in [0, 0.05) is 28.8 Å². The molecule has 1 amide bonds. The minimum atomic E-state index is -1.21. The SMILES string of the molecule is COc1ccc([C@H](Cc2c(Cl)c[n+](O)cc2Cl)c2cc(CN(C(=O)O[C@H]3CN4CCC3CC4)c3cc(O)ccc3F)ccc2C(=O)O)cc1OC. The van der Waals surface area contributed by atoms with E-state index in [1.54, 1.807) is 30.3 Å². The number of carboxylic acids is 1. The molecule has 4 aromatic rings. The Kier molecular flexibility index (Phi) is 10.8. The Morgan fingerprint density at radius 1 is 1.00 bits per heavy atom. The van der Waals surface area contributed by atoms with Gasteiger partial charge in [-0.05, 0) is 85.3 Å². The lowest BCUT2D eigenvalue weighted by atomic mass is 9.82. The standard InChI is InChI=1S/C37H36Cl2FN3O8/c1-49-33-8-4-23(14-34(33)50-2)26(16-28-29(38)18-42(48)19-30(28)39)27-13-21(3-6-25(27)36(45)46)17-43(32-15-24(44)5-7-31(32)40)37(47)51-35-20-41-11-9-22(35)10-12-41/h3-8,13-15,18-19,22,26,35H,9-12,16-17,20H2,1-2H3,(H2-,44,45,46,48)/p+1/t26-,35-/m0/s1. The van der Waals surface area contributed by atoms with Crippen molar-refractivity contribution in [3.8, 4) is 17.2 Å². The molecule has 7 rings (SSSR count). The number of methoxy groups -OCH3 is 2. The molecule has 0 spiro atoms. The van der Waals surface area contributed by atoms with Gasteiger partial charge in [-0.1, -0.05) is 41.4 Å². The van der Waals surface area contributed by atoms with Crippen molar-refractivity contribution in [2.75, 3.05) is 38.8 Å². The maximum absolute atomic E-state index is 15.4. The first kappa shape index (κ1) is 36.0. The second-order valence-electron chi connectivity index (χ2n) is 12.7. The van der Waals surface area contributed by atoms with Gasteiger partial charge >= 0.3 is 12.1 Å². The number of benzene rings is 3. The molecule has 0 aliphatic carbocycles. The Balaban J connectivity index is 1.44. The van der Waals surface area contributed by atoms with Crippen LogP contribution >= 0.6 is 23.2 Å². The maximum atomic E-state index is 15.4. The number of pyridine rings is 1. The van der Waals surface area contributed by atoms with E-state index in [9.17, 15) is 25.0 Å². The van der Waals surface area contributed by atoms with Crippen molar-refractivity contribution in [2.24, 2.45) is 5.92 Å². The topological polar surface area (TPSA) is 133 Å². The third kappa shape index (κ3) is 7.78. The van der Waals surface area contributed by atoms with Gasteiger partial charge in [0.05, 0.1) is 32.0 Å². The molecule has 3 N–H and O–H groups in total. The molecule has 1 aromatic heterocycles. The number of carbonyl (C=O) groups is 2. The van der Waals surface area contributed by atoms with Crippen LogP contribution in [0.15, 0.2) is 67.0 Å². The van der Waals surface area contributed by atoms with E-state index in [1.807, 2.05) is 0 Å². The number of halogens is 3. The summed E-state index contributed by atoms with van der Waals surface area (Å²) in [6.07, 6.45) is 3.24. The van der Waals surface area contributed by atoms with Gasteiger partial charge in [0.15, 0.2) is 11.5 Å². The molecule has 3 fully saturated rings. The van der Waals surface area contributed by atoms with Gasteiger partial charge in [-0.2, -0.15) is 0 Å². The summed E-state index contributed by atoms with van der Waals surface area (Å²) in [7, 11) is 2.98. The number of anilines is 1. The minimum Gasteiger partial charge on any atom is -0.508 e. The van der Waals surface area contributed by atoms with E-state index in [-0.39, 0.29) is 52.0 Å². The zero-order chi connectivity index (χ0) is 36.4. The number of phenolic OH excluding ortho intramolecular Hbond substituents is 1. The van der Waals surface area contributed by atoms with Crippen LogP contribution in [0.25, 0.3) is 0 Å². The van der Waals surface area contributed by atoms with E-state index in [4.69, 9.17) is 37.4 Å². The highest BCUT2D eigenvalue weighted by atomic mass is 35.5. The molecule has 268 valence electrons. The summed E-state index contributed by atoms with van der Waals surface area (Å²) in [5.74, 6) is -1.89. The maximum Gasteiger partial charge on any atom is 0.415 e. The van der Waals surface area contributed by atoms with E-state index >= 15 is 4.39 Å². The number of fused-ring (bicyclic) bond motifs is 3. The lowest BCUT2D eigenvalue weighted by Gasteiger charge is -2.44. The molecule has 3 aliphatic rings. The van der Waals surface area contributed by atoms with Gasteiger partial charge < -0.3 is 24.4 Å². The van der Waals surface area contributed by atoms with Crippen LogP contribution < -0.4 is 19.1 Å². The smallest absolute Gasteiger partial charge is 0.415 e. The number of hydrogen-bond donors (Lipinski definition) is 3. The fourth-order valence-electron chi connectivity index (χ4n) is 6.99. The van der Waals surface area contributed by atoms with Crippen molar-refractivity contribution in [2.45, 2.75) is 37.8 Å². The third-order valence-electron chi connectivity index (χ3n) is 9.64. The fraction of sp³-hybridized carbons (Fsp3) is 0.324. The van der Waals surface area contributed by atoms with E-state index in [0.29, 0.717) is 40.3 Å². The first-order valence-electron chi connectivity index (χ1n) is 16.3. The lowest BCUT2D eigenvalue weighted by molar-refractivity contribution is -0.904. The second-order valence-corrected chi connectivity index (χ2v) is 13.5. The number of rotatable bonds is 11. The van der Waals surface area contributed by atoms with Crippen molar-refractivity contribution in [3.63, 3.8) is 0 Å². The molecule has 0 unspecified atom stereocenters. The highest BCUT2D eigenvalue weighted by molar-refractivity contribution is 6.35. The molecule has 14 heteroatoms. The number of ether oxygens (including phenoxy) is 3. The summed E-state index contributed by atoms with van der Waals surface area (Å²) >= 11 is 13.1. The molecule has 3 saturated heterocycles. The summed E-state index contributed by atoms with van der Waals surface area (Å²) in [6, 6.07) is 13.2. The van der Waals surface area contributed by atoms with Crippen LogP contribution in [0.3, 0.4) is 0 Å². The summed E-state index contributed by atoms with van der Waals surface area (Å²) in [5, 5.41) is 31.0. The molecule has 2 atom stereocenters. The van der Waals surface area contributed by atoms with Gasteiger partial charge in [-0.15, -0.1) is 0 Å². The number of aromatic carboxylic acids is 1. The monoisotopic (exact) mass is 740 g/mol. The van der Waals surface area contributed by atoms with Gasteiger partial charge in [0.1, 0.15) is 27.7 Å². The quantitative estimate of drug-likeness (QED) is 0.114. The lowest BCUT2D eigenvalue weighted by Crippen LogP contribution is -2.53. The van der Waals surface area contributed by atoms with E-state index in [2.05, 4.69) is 4.90 Å². The zero-order valence-corrected chi connectivity index (χ0v) is 29.4. The Morgan fingerprint density at radius 2 is 1.71 bits per heavy atom. The second kappa shape index (κ2) is 15.2. The number of carbonyl (C=O) groups excluding carboxylic acids is 1.